The lowest BCUT2D eigenvalue weighted by Crippen LogP contribution is -1.98. The summed E-state index contributed by atoms with van der Waals surface area (Å²) in [5.74, 6) is 0.769. The van der Waals surface area contributed by atoms with Gasteiger partial charge in [-0.15, -0.1) is 5.10 Å². The van der Waals surface area contributed by atoms with Gasteiger partial charge in [-0.2, -0.15) is 0 Å². The molecular formula is C7H7BrN4O. The van der Waals surface area contributed by atoms with E-state index in [2.05, 4.69) is 31.4 Å². The van der Waals surface area contributed by atoms with Crippen LogP contribution in [0.15, 0.2) is 23.0 Å². The predicted molar refractivity (Wildman–Crippen MR) is 48.3 cm³/mol. The number of nitrogens with zero attached hydrogens (tertiary/aromatic N) is 4. The van der Waals surface area contributed by atoms with Crippen molar-refractivity contribution in [3.63, 3.8) is 0 Å². The molecule has 0 unspecified atom stereocenters. The summed E-state index contributed by atoms with van der Waals surface area (Å²) in [5, 5.41) is 12.1. The van der Waals surface area contributed by atoms with Crippen LogP contribution in [0.3, 0.4) is 0 Å². The highest BCUT2D eigenvalue weighted by molar-refractivity contribution is 9.08. The fraction of sp³-hybridized carbons (Fsp3) is 0.286. The topological polar surface area (TPSA) is 56.7 Å². The summed E-state index contributed by atoms with van der Waals surface area (Å²) in [6.45, 7) is 0.569. The monoisotopic (exact) mass is 242 g/mol. The Morgan fingerprint density at radius 1 is 1.54 bits per heavy atom. The largest absolute Gasteiger partial charge is 0.359 e. The van der Waals surface area contributed by atoms with Gasteiger partial charge in [-0.05, 0) is 0 Å². The van der Waals surface area contributed by atoms with E-state index in [1.54, 1.807) is 16.9 Å². The highest BCUT2D eigenvalue weighted by Crippen LogP contribution is 2.03. The third-order valence-corrected chi connectivity index (χ3v) is 2.11. The quantitative estimate of drug-likeness (QED) is 0.760. The van der Waals surface area contributed by atoms with E-state index in [4.69, 9.17) is 4.52 Å². The minimum atomic E-state index is 0.569. The maximum Gasteiger partial charge on any atom is 0.158 e. The zero-order valence-corrected chi connectivity index (χ0v) is 8.31. The zero-order valence-electron chi connectivity index (χ0n) is 6.72. The van der Waals surface area contributed by atoms with E-state index in [9.17, 15) is 0 Å². The molecule has 0 aliphatic heterocycles. The Balaban J connectivity index is 2.10. The van der Waals surface area contributed by atoms with Crippen LogP contribution >= 0.6 is 15.9 Å². The first-order valence-electron chi connectivity index (χ1n) is 3.73. The molecule has 2 heterocycles. The van der Waals surface area contributed by atoms with Gasteiger partial charge >= 0.3 is 0 Å². The first-order valence-corrected chi connectivity index (χ1v) is 4.85. The van der Waals surface area contributed by atoms with Crippen molar-refractivity contribution in [1.29, 1.82) is 0 Å². The first-order chi connectivity index (χ1) is 6.38. The molecule has 6 heteroatoms. The maximum atomic E-state index is 4.93. The molecule has 0 bridgehead atoms. The molecule has 0 saturated carbocycles. The van der Waals surface area contributed by atoms with E-state index in [0.717, 1.165) is 11.5 Å². The summed E-state index contributed by atoms with van der Waals surface area (Å²) in [6.07, 6.45) is 3.47. The Hall–Kier alpha value is -1.17. The van der Waals surface area contributed by atoms with Crippen molar-refractivity contribution < 1.29 is 4.52 Å². The molecule has 0 aliphatic rings. The third kappa shape index (κ3) is 1.95. The Bertz CT molecular complexity index is 370. The molecule has 13 heavy (non-hydrogen) atoms. The average Bonchev–Trinajstić information content (AvgIpc) is 2.76. The standard InChI is InChI=1S/C7H7BrN4O/c8-3-6-4-12(11-10-6)5-7-1-2-9-13-7/h1-2,4H,3,5H2. The highest BCUT2D eigenvalue weighted by atomic mass is 79.9. The van der Waals surface area contributed by atoms with Crippen LogP contribution < -0.4 is 0 Å². The number of hydrogen-bond acceptors (Lipinski definition) is 4. The summed E-state index contributed by atoms with van der Waals surface area (Å²) in [4.78, 5) is 0. The molecule has 0 fully saturated rings. The summed E-state index contributed by atoms with van der Waals surface area (Å²) in [6, 6.07) is 1.80. The van der Waals surface area contributed by atoms with Crippen LogP contribution in [-0.2, 0) is 11.9 Å². The van der Waals surface area contributed by atoms with Gasteiger partial charge in [0.2, 0.25) is 0 Å². The molecule has 68 valence electrons. The van der Waals surface area contributed by atoms with Crippen LogP contribution in [0.5, 0.6) is 0 Å². The van der Waals surface area contributed by atoms with Crippen LogP contribution in [0.1, 0.15) is 11.5 Å². The second-order valence-corrected chi connectivity index (χ2v) is 3.08. The minimum absolute atomic E-state index is 0.569. The van der Waals surface area contributed by atoms with Crippen molar-refractivity contribution in [3.05, 3.63) is 29.9 Å². The molecule has 5 nitrogen and oxygen atoms in total. The van der Waals surface area contributed by atoms with Crippen LogP contribution in [0, 0.1) is 0 Å². The fourth-order valence-electron chi connectivity index (χ4n) is 0.960. The predicted octanol–water partition coefficient (Wildman–Crippen LogP) is 1.21. The molecule has 0 N–H and O–H groups in total. The molecule has 0 aliphatic carbocycles. The molecule has 2 aromatic heterocycles. The Morgan fingerprint density at radius 3 is 3.08 bits per heavy atom. The molecular weight excluding hydrogens is 236 g/mol. The van der Waals surface area contributed by atoms with Gasteiger partial charge in [0.1, 0.15) is 6.54 Å². The van der Waals surface area contributed by atoms with Crippen molar-refractivity contribution in [3.8, 4) is 0 Å². The van der Waals surface area contributed by atoms with Gasteiger partial charge in [0.05, 0.1) is 11.9 Å². The van der Waals surface area contributed by atoms with Crippen molar-refractivity contribution >= 4 is 15.9 Å². The van der Waals surface area contributed by atoms with E-state index in [0.29, 0.717) is 11.9 Å². The van der Waals surface area contributed by atoms with Crippen molar-refractivity contribution in [2.24, 2.45) is 0 Å². The minimum Gasteiger partial charge on any atom is -0.359 e. The zero-order chi connectivity index (χ0) is 9.10. The number of aromatic nitrogens is 4. The van der Waals surface area contributed by atoms with E-state index in [-0.39, 0.29) is 0 Å². The normalized spacial score (nSPS) is 10.5. The van der Waals surface area contributed by atoms with E-state index < -0.39 is 0 Å². The van der Waals surface area contributed by atoms with Gasteiger partial charge in [0, 0.05) is 17.6 Å². The molecule has 0 aromatic carbocycles. The Kier molecular flexibility index (Phi) is 2.40. The lowest BCUT2D eigenvalue weighted by atomic mass is 10.4. The molecule has 0 amide bonds. The van der Waals surface area contributed by atoms with Crippen molar-refractivity contribution in [1.82, 2.24) is 20.2 Å². The molecule has 2 aromatic rings. The maximum absolute atomic E-state index is 4.93. The number of halogens is 1. The van der Waals surface area contributed by atoms with Crippen molar-refractivity contribution in [2.75, 3.05) is 0 Å². The van der Waals surface area contributed by atoms with Crippen LogP contribution in [-0.4, -0.2) is 20.2 Å². The molecule has 2 rings (SSSR count). The summed E-state index contributed by atoms with van der Waals surface area (Å²) in [5.41, 5.74) is 0.902. The number of alkyl halides is 1. The smallest absolute Gasteiger partial charge is 0.158 e. The van der Waals surface area contributed by atoms with Crippen molar-refractivity contribution in [2.45, 2.75) is 11.9 Å². The lowest BCUT2D eigenvalue weighted by Gasteiger charge is -1.92. The number of hydrogen-bond donors (Lipinski definition) is 0. The van der Waals surface area contributed by atoms with Crippen LogP contribution in [0.4, 0.5) is 0 Å². The van der Waals surface area contributed by atoms with Gasteiger partial charge in [-0.25, -0.2) is 4.68 Å². The second kappa shape index (κ2) is 3.69. The van der Waals surface area contributed by atoms with Gasteiger partial charge in [-0.1, -0.05) is 26.3 Å². The van der Waals surface area contributed by atoms with Gasteiger partial charge in [0.15, 0.2) is 5.76 Å². The fourth-order valence-corrected chi connectivity index (χ4v) is 1.22. The Labute approximate surface area is 82.8 Å². The molecule has 0 spiro atoms. The van der Waals surface area contributed by atoms with Gasteiger partial charge in [-0.3, -0.25) is 0 Å². The first kappa shape index (κ1) is 8.43. The number of rotatable bonds is 3. The average molecular weight is 243 g/mol. The molecule has 0 atom stereocenters. The van der Waals surface area contributed by atoms with E-state index >= 15 is 0 Å². The van der Waals surface area contributed by atoms with E-state index in [1.165, 1.54) is 0 Å². The summed E-state index contributed by atoms with van der Waals surface area (Å²) >= 11 is 3.30. The Morgan fingerprint density at radius 2 is 2.46 bits per heavy atom. The van der Waals surface area contributed by atoms with Crippen LogP contribution in [0.25, 0.3) is 0 Å². The molecule has 0 saturated heterocycles. The summed E-state index contributed by atoms with van der Waals surface area (Å²) in [7, 11) is 0. The second-order valence-electron chi connectivity index (χ2n) is 2.52. The van der Waals surface area contributed by atoms with Crippen LogP contribution in [0.2, 0.25) is 0 Å². The molecule has 0 radical (unpaired) electrons. The SMILES string of the molecule is BrCc1cn(Cc2ccno2)nn1. The van der Waals surface area contributed by atoms with Gasteiger partial charge < -0.3 is 4.52 Å². The highest BCUT2D eigenvalue weighted by Gasteiger charge is 2.01. The lowest BCUT2D eigenvalue weighted by molar-refractivity contribution is 0.370. The third-order valence-electron chi connectivity index (χ3n) is 1.53. The van der Waals surface area contributed by atoms with Gasteiger partial charge in [0.25, 0.3) is 0 Å². The summed E-state index contributed by atoms with van der Waals surface area (Å²) < 4.78 is 6.64. The van der Waals surface area contributed by atoms with E-state index in [1.807, 2.05) is 6.20 Å².